The zero-order valence-electron chi connectivity index (χ0n) is 11.1. The molecule has 1 unspecified atom stereocenters. The molecule has 1 heterocycles. The van der Waals surface area contributed by atoms with Crippen LogP contribution in [0.1, 0.15) is 45.0 Å². The van der Waals surface area contributed by atoms with Crippen LogP contribution in [0.25, 0.3) is 0 Å². The highest BCUT2D eigenvalue weighted by Gasteiger charge is 2.08. The Morgan fingerprint density at radius 1 is 1.38 bits per heavy atom. The van der Waals surface area contributed by atoms with Crippen LogP contribution in [0, 0.1) is 0 Å². The van der Waals surface area contributed by atoms with Crippen molar-refractivity contribution in [3.8, 4) is 0 Å². The normalized spacial score (nSPS) is 13.0. The lowest BCUT2D eigenvalue weighted by Gasteiger charge is -2.13. The maximum Gasteiger partial charge on any atom is 0.0624 e. The number of aromatic nitrogens is 2. The van der Waals surface area contributed by atoms with Gasteiger partial charge in [-0.1, -0.05) is 13.8 Å². The third-order valence-corrected chi connectivity index (χ3v) is 3.23. The average molecular weight is 223 g/mol. The van der Waals surface area contributed by atoms with Crippen LogP contribution < -0.4 is 5.32 Å². The zero-order valence-corrected chi connectivity index (χ0v) is 11.1. The molecule has 0 saturated heterocycles. The van der Waals surface area contributed by atoms with Crippen LogP contribution in [0.5, 0.6) is 0 Å². The molecule has 1 N–H and O–H groups in total. The molecule has 0 fully saturated rings. The van der Waals surface area contributed by atoms with Crippen molar-refractivity contribution in [2.75, 3.05) is 7.05 Å². The summed E-state index contributed by atoms with van der Waals surface area (Å²) in [5, 5.41) is 7.92. The van der Waals surface area contributed by atoms with Gasteiger partial charge >= 0.3 is 0 Å². The summed E-state index contributed by atoms with van der Waals surface area (Å²) < 4.78 is 2.14. The van der Waals surface area contributed by atoms with E-state index in [0.717, 1.165) is 19.4 Å². The molecule has 92 valence electrons. The van der Waals surface area contributed by atoms with E-state index in [0.29, 0.717) is 6.04 Å². The van der Waals surface area contributed by atoms with E-state index in [1.54, 1.807) is 0 Å². The Hall–Kier alpha value is -0.830. The van der Waals surface area contributed by atoms with Gasteiger partial charge in [0.15, 0.2) is 0 Å². The number of nitrogens with one attached hydrogen (secondary N) is 1. The van der Waals surface area contributed by atoms with Gasteiger partial charge in [-0.15, -0.1) is 0 Å². The molecule has 3 nitrogen and oxygen atoms in total. The van der Waals surface area contributed by atoms with Gasteiger partial charge in [-0.25, -0.2) is 0 Å². The Balaban J connectivity index is 2.61. The molecule has 0 aliphatic carbocycles. The Labute approximate surface area is 99.2 Å². The molecule has 0 bridgehead atoms. The first kappa shape index (κ1) is 13.2. The smallest absolute Gasteiger partial charge is 0.0624 e. The topological polar surface area (TPSA) is 29.9 Å². The molecule has 0 radical (unpaired) electrons. The summed E-state index contributed by atoms with van der Waals surface area (Å²) in [5.74, 6) is 0. The molecule has 1 rings (SSSR count). The molecule has 1 aromatic heterocycles. The summed E-state index contributed by atoms with van der Waals surface area (Å²) in [6.07, 6.45) is 4.54. The van der Waals surface area contributed by atoms with Gasteiger partial charge in [0, 0.05) is 18.3 Å². The van der Waals surface area contributed by atoms with Gasteiger partial charge in [0.2, 0.25) is 0 Å². The van der Waals surface area contributed by atoms with Crippen LogP contribution in [-0.2, 0) is 19.4 Å². The molecule has 0 aromatic carbocycles. The van der Waals surface area contributed by atoms with Gasteiger partial charge in [0.1, 0.15) is 0 Å². The number of rotatable bonds is 7. The SMILES string of the molecule is CCc1cc(CCC(CC)NC)n(CC)n1. The van der Waals surface area contributed by atoms with E-state index in [1.807, 2.05) is 7.05 Å². The summed E-state index contributed by atoms with van der Waals surface area (Å²) in [6.45, 7) is 7.53. The molecular formula is C13H25N3. The first-order valence-electron chi connectivity index (χ1n) is 6.47. The number of nitrogens with zero attached hydrogens (tertiary/aromatic N) is 2. The lowest BCUT2D eigenvalue weighted by atomic mass is 10.1. The van der Waals surface area contributed by atoms with Crippen molar-refractivity contribution < 1.29 is 0 Å². The molecule has 1 atom stereocenters. The first-order valence-corrected chi connectivity index (χ1v) is 6.47. The summed E-state index contributed by atoms with van der Waals surface area (Å²) in [4.78, 5) is 0. The van der Waals surface area contributed by atoms with E-state index in [4.69, 9.17) is 0 Å². The van der Waals surface area contributed by atoms with Crippen molar-refractivity contribution in [2.24, 2.45) is 0 Å². The molecule has 0 saturated carbocycles. The van der Waals surface area contributed by atoms with Crippen molar-refractivity contribution in [3.05, 3.63) is 17.5 Å². The number of hydrogen-bond acceptors (Lipinski definition) is 2. The fourth-order valence-electron chi connectivity index (χ4n) is 2.04. The number of hydrogen-bond donors (Lipinski definition) is 1. The van der Waals surface area contributed by atoms with E-state index in [9.17, 15) is 0 Å². The van der Waals surface area contributed by atoms with Crippen molar-refractivity contribution >= 4 is 0 Å². The highest BCUT2D eigenvalue weighted by molar-refractivity contribution is 5.10. The van der Waals surface area contributed by atoms with Crippen LogP contribution in [0.15, 0.2) is 6.07 Å². The van der Waals surface area contributed by atoms with Gasteiger partial charge in [0.25, 0.3) is 0 Å². The maximum atomic E-state index is 4.57. The standard InChI is InChI=1S/C13H25N3/c1-5-11(14-4)8-9-13-10-12(6-2)15-16(13)7-3/h10-11,14H,5-9H2,1-4H3. The van der Waals surface area contributed by atoms with Crippen molar-refractivity contribution in [1.82, 2.24) is 15.1 Å². The Kier molecular flexibility index (Phi) is 5.53. The van der Waals surface area contributed by atoms with E-state index >= 15 is 0 Å². The first-order chi connectivity index (χ1) is 7.74. The van der Waals surface area contributed by atoms with Crippen LogP contribution in [0.2, 0.25) is 0 Å². The summed E-state index contributed by atoms with van der Waals surface area (Å²) in [7, 11) is 2.04. The molecule has 0 aliphatic rings. The molecule has 16 heavy (non-hydrogen) atoms. The van der Waals surface area contributed by atoms with Crippen molar-refractivity contribution in [1.29, 1.82) is 0 Å². The second-order valence-corrected chi connectivity index (χ2v) is 4.23. The van der Waals surface area contributed by atoms with Crippen LogP contribution in [-0.4, -0.2) is 22.9 Å². The van der Waals surface area contributed by atoms with Gasteiger partial charge in [-0.05, 0) is 45.7 Å². The third kappa shape index (κ3) is 3.34. The molecule has 1 aromatic rings. The fourth-order valence-corrected chi connectivity index (χ4v) is 2.04. The Morgan fingerprint density at radius 2 is 2.12 bits per heavy atom. The van der Waals surface area contributed by atoms with Gasteiger partial charge < -0.3 is 5.32 Å². The van der Waals surface area contributed by atoms with Gasteiger partial charge in [-0.2, -0.15) is 5.10 Å². The highest BCUT2D eigenvalue weighted by atomic mass is 15.3. The van der Waals surface area contributed by atoms with Crippen LogP contribution in [0.4, 0.5) is 0 Å². The van der Waals surface area contributed by atoms with E-state index in [1.165, 1.54) is 24.2 Å². The highest BCUT2D eigenvalue weighted by Crippen LogP contribution is 2.10. The minimum Gasteiger partial charge on any atom is -0.317 e. The molecular weight excluding hydrogens is 198 g/mol. The summed E-state index contributed by atoms with van der Waals surface area (Å²) in [5.41, 5.74) is 2.60. The van der Waals surface area contributed by atoms with E-state index in [-0.39, 0.29) is 0 Å². The van der Waals surface area contributed by atoms with Crippen molar-refractivity contribution in [3.63, 3.8) is 0 Å². The minimum absolute atomic E-state index is 0.630. The molecule has 0 amide bonds. The quantitative estimate of drug-likeness (QED) is 0.769. The second-order valence-electron chi connectivity index (χ2n) is 4.23. The van der Waals surface area contributed by atoms with Crippen LogP contribution >= 0.6 is 0 Å². The summed E-state index contributed by atoms with van der Waals surface area (Å²) in [6, 6.07) is 2.89. The van der Waals surface area contributed by atoms with Gasteiger partial charge in [-0.3, -0.25) is 4.68 Å². The van der Waals surface area contributed by atoms with Crippen molar-refractivity contribution in [2.45, 2.75) is 59.0 Å². The monoisotopic (exact) mass is 223 g/mol. The Bertz CT molecular complexity index is 300. The molecule has 0 aliphatic heterocycles. The number of aryl methyl sites for hydroxylation is 3. The molecule has 3 heteroatoms. The molecule has 0 spiro atoms. The largest absolute Gasteiger partial charge is 0.317 e. The lowest BCUT2D eigenvalue weighted by Crippen LogP contribution is -2.25. The zero-order chi connectivity index (χ0) is 12.0. The third-order valence-electron chi connectivity index (χ3n) is 3.23. The lowest BCUT2D eigenvalue weighted by molar-refractivity contribution is 0.494. The van der Waals surface area contributed by atoms with Gasteiger partial charge in [0.05, 0.1) is 5.69 Å². The fraction of sp³-hybridized carbons (Fsp3) is 0.769. The Morgan fingerprint density at radius 3 is 2.62 bits per heavy atom. The van der Waals surface area contributed by atoms with E-state index < -0.39 is 0 Å². The maximum absolute atomic E-state index is 4.57. The van der Waals surface area contributed by atoms with E-state index in [2.05, 4.69) is 41.9 Å². The predicted octanol–water partition coefficient (Wildman–Crippen LogP) is 2.40. The van der Waals surface area contributed by atoms with Crippen LogP contribution in [0.3, 0.4) is 0 Å². The summed E-state index contributed by atoms with van der Waals surface area (Å²) >= 11 is 0. The minimum atomic E-state index is 0.630. The predicted molar refractivity (Wildman–Crippen MR) is 68.7 cm³/mol. The second kappa shape index (κ2) is 6.69. The average Bonchev–Trinajstić information content (AvgIpc) is 2.73.